The topological polar surface area (TPSA) is 111 Å². The molecule has 1 aromatic rings. The second-order valence-corrected chi connectivity index (χ2v) is 4.50. The molecule has 2 amide bonds. The van der Waals surface area contributed by atoms with E-state index in [-0.39, 0.29) is 21.3 Å². The molecule has 0 fully saturated rings. The van der Waals surface area contributed by atoms with Crippen molar-refractivity contribution in [1.82, 2.24) is 10.9 Å². The standard InChI is InChI=1S/C11H11Cl2N3O4/c1-5(17)15-16-9(18)4-20-11(19)7-2-6(12)3-8(13)10(7)14/h2-3H,4,14H2,1H3,(H,15,17)(H,16,18). The number of halogens is 2. The van der Waals surface area contributed by atoms with Crippen molar-refractivity contribution in [2.75, 3.05) is 12.3 Å². The number of esters is 1. The lowest BCUT2D eigenvalue weighted by Crippen LogP contribution is -2.42. The van der Waals surface area contributed by atoms with Crippen LogP contribution in [0.15, 0.2) is 12.1 Å². The van der Waals surface area contributed by atoms with Gasteiger partial charge in [0.05, 0.1) is 16.3 Å². The fourth-order valence-corrected chi connectivity index (χ4v) is 1.65. The number of carbonyl (C=O) groups is 3. The van der Waals surface area contributed by atoms with Gasteiger partial charge in [-0.15, -0.1) is 0 Å². The molecule has 0 saturated carbocycles. The molecule has 9 heteroatoms. The van der Waals surface area contributed by atoms with Crippen LogP contribution in [0.1, 0.15) is 17.3 Å². The summed E-state index contributed by atoms with van der Waals surface area (Å²) in [6, 6.07) is 2.65. The van der Waals surface area contributed by atoms with Gasteiger partial charge in [-0.1, -0.05) is 23.2 Å². The van der Waals surface area contributed by atoms with Gasteiger partial charge in [-0.25, -0.2) is 4.79 Å². The lowest BCUT2D eigenvalue weighted by atomic mass is 10.2. The Morgan fingerprint density at radius 2 is 1.90 bits per heavy atom. The fourth-order valence-electron chi connectivity index (χ4n) is 1.16. The third-order valence-electron chi connectivity index (χ3n) is 2.03. The summed E-state index contributed by atoms with van der Waals surface area (Å²) >= 11 is 11.5. The Morgan fingerprint density at radius 1 is 1.25 bits per heavy atom. The molecule has 0 radical (unpaired) electrons. The molecular weight excluding hydrogens is 309 g/mol. The van der Waals surface area contributed by atoms with Crippen molar-refractivity contribution in [2.24, 2.45) is 0 Å². The second-order valence-electron chi connectivity index (χ2n) is 3.65. The molecule has 0 saturated heterocycles. The van der Waals surface area contributed by atoms with Crippen molar-refractivity contribution in [3.63, 3.8) is 0 Å². The third-order valence-corrected chi connectivity index (χ3v) is 2.56. The average molecular weight is 320 g/mol. The van der Waals surface area contributed by atoms with E-state index in [0.29, 0.717) is 0 Å². The lowest BCUT2D eigenvalue weighted by molar-refractivity contribution is -0.129. The molecule has 1 rings (SSSR count). The summed E-state index contributed by atoms with van der Waals surface area (Å²) in [7, 11) is 0. The van der Waals surface area contributed by atoms with E-state index in [2.05, 4.69) is 0 Å². The molecule has 108 valence electrons. The predicted molar refractivity (Wildman–Crippen MR) is 73.1 cm³/mol. The molecule has 0 aromatic heterocycles. The van der Waals surface area contributed by atoms with E-state index in [4.69, 9.17) is 33.7 Å². The van der Waals surface area contributed by atoms with Gasteiger partial charge in [0.15, 0.2) is 6.61 Å². The van der Waals surface area contributed by atoms with Crippen LogP contribution in [0, 0.1) is 0 Å². The van der Waals surface area contributed by atoms with Crippen LogP contribution in [0.2, 0.25) is 10.0 Å². The van der Waals surface area contributed by atoms with E-state index in [1.54, 1.807) is 0 Å². The highest BCUT2D eigenvalue weighted by molar-refractivity contribution is 6.37. The van der Waals surface area contributed by atoms with E-state index in [0.717, 1.165) is 0 Å². The van der Waals surface area contributed by atoms with E-state index in [1.165, 1.54) is 19.1 Å². The molecule has 0 heterocycles. The van der Waals surface area contributed by atoms with Crippen molar-refractivity contribution in [2.45, 2.75) is 6.92 Å². The van der Waals surface area contributed by atoms with Crippen LogP contribution in [0.3, 0.4) is 0 Å². The highest BCUT2D eigenvalue weighted by Gasteiger charge is 2.16. The minimum atomic E-state index is -0.857. The number of benzene rings is 1. The van der Waals surface area contributed by atoms with Gasteiger partial charge in [-0.2, -0.15) is 0 Å². The number of nitrogens with two attached hydrogens (primary N) is 1. The fraction of sp³-hybridized carbons (Fsp3) is 0.182. The minimum Gasteiger partial charge on any atom is -0.452 e. The van der Waals surface area contributed by atoms with Gasteiger partial charge < -0.3 is 10.5 Å². The summed E-state index contributed by atoms with van der Waals surface area (Å²) in [5.41, 5.74) is 9.63. The zero-order valence-electron chi connectivity index (χ0n) is 10.3. The van der Waals surface area contributed by atoms with Crippen molar-refractivity contribution >= 4 is 46.7 Å². The number of anilines is 1. The first-order valence-corrected chi connectivity index (χ1v) is 6.04. The first kappa shape index (κ1) is 16.1. The van der Waals surface area contributed by atoms with Crippen LogP contribution in [0.25, 0.3) is 0 Å². The summed E-state index contributed by atoms with van der Waals surface area (Å²) < 4.78 is 4.71. The number of ether oxygens (including phenoxy) is 1. The van der Waals surface area contributed by atoms with Gasteiger partial charge in [0.1, 0.15) is 0 Å². The monoisotopic (exact) mass is 319 g/mol. The summed E-state index contributed by atoms with van der Waals surface area (Å²) in [5.74, 6) is -2.03. The van der Waals surface area contributed by atoms with Gasteiger partial charge in [-0.3, -0.25) is 20.4 Å². The van der Waals surface area contributed by atoms with Crippen molar-refractivity contribution in [3.05, 3.63) is 27.7 Å². The number of hydrogen-bond acceptors (Lipinski definition) is 5. The molecule has 20 heavy (non-hydrogen) atoms. The van der Waals surface area contributed by atoms with E-state index >= 15 is 0 Å². The van der Waals surface area contributed by atoms with Gasteiger partial charge in [0.25, 0.3) is 5.91 Å². The van der Waals surface area contributed by atoms with Crippen molar-refractivity contribution < 1.29 is 19.1 Å². The average Bonchev–Trinajstić information content (AvgIpc) is 2.37. The Labute approximate surface area is 124 Å². The number of amides is 2. The number of rotatable bonds is 3. The van der Waals surface area contributed by atoms with E-state index < -0.39 is 24.4 Å². The van der Waals surface area contributed by atoms with Crippen LogP contribution in [0.4, 0.5) is 5.69 Å². The van der Waals surface area contributed by atoms with Crippen LogP contribution in [0.5, 0.6) is 0 Å². The largest absolute Gasteiger partial charge is 0.452 e. The van der Waals surface area contributed by atoms with Crippen LogP contribution in [-0.4, -0.2) is 24.4 Å². The van der Waals surface area contributed by atoms with Crippen molar-refractivity contribution in [3.8, 4) is 0 Å². The predicted octanol–water partition coefficient (Wildman–Crippen LogP) is 0.900. The Hall–Kier alpha value is -1.99. The Kier molecular flexibility index (Phi) is 5.60. The minimum absolute atomic E-state index is 0.00309. The molecule has 0 aliphatic carbocycles. The van der Waals surface area contributed by atoms with Gasteiger partial charge in [0.2, 0.25) is 5.91 Å². The smallest absolute Gasteiger partial charge is 0.340 e. The number of nitrogens with one attached hydrogen (secondary N) is 2. The Balaban J connectivity index is 2.64. The molecule has 0 spiro atoms. The molecular formula is C11H11Cl2N3O4. The second kappa shape index (κ2) is 6.97. The Bertz CT molecular complexity index is 563. The maximum Gasteiger partial charge on any atom is 0.340 e. The normalized spacial score (nSPS) is 9.75. The Morgan fingerprint density at radius 3 is 2.50 bits per heavy atom. The zero-order chi connectivity index (χ0) is 15.3. The maximum absolute atomic E-state index is 11.7. The quantitative estimate of drug-likeness (QED) is 0.435. The number of carbonyl (C=O) groups excluding carboxylic acids is 3. The van der Waals surface area contributed by atoms with Crippen LogP contribution in [-0.2, 0) is 14.3 Å². The number of nitrogen functional groups attached to an aromatic ring is 1. The maximum atomic E-state index is 11.7. The highest BCUT2D eigenvalue weighted by Crippen LogP contribution is 2.27. The third kappa shape index (κ3) is 4.60. The molecule has 0 aliphatic rings. The van der Waals surface area contributed by atoms with Crippen LogP contribution < -0.4 is 16.6 Å². The van der Waals surface area contributed by atoms with E-state index in [1.807, 2.05) is 10.9 Å². The summed E-state index contributed by atoms with van der Waals surface area (Å²) in [6.45, 7) is 0.615. The molecule has 0 bridgehead atoms. The first-order chi connectivity index (χ1) is 9.31. The molecule has 0 aliphatic heterocycles. The first-order valence-electron chi connectivity index (χ1n) is 5.28. The summed E-state index contributed by atoms with van der Waals surface area (Å²) in [5, 5.41) is 0.311. The molecule has 0 atom stereocenters. The van der Waals surface area contributed by atoms with Gasteiger partial charge >= 0.3 is 5.97 Å². The SMILES string of the molecule is CC(=O)NNC(=O)COC(=O)c1cc(Cl)cc(Cl)c1N. The van der Waals surface area contributed by atoms with Gasteiger partial charge in [0, 0.05) is 11.9 Å². The van der Waals surface area contributed by atoms with Gasteiger partial charge in [-0.05, 0) is 12.1 Å². The molecule has 0 unspecified atom stereocenters. The highest BCUT2D eigenvalue weighted by atomic mass is 35.5. The summed E-state index contributed by atoms with van der Waals surface area (Å²) in [6.07, 6.45) is 0. The van der Waals surface area contributed by atoms with E-state index in [9.17, 15) is 14.4 Å². The zero-order valence-corrected chi connectivity index (χ0v) is 11.8. The summed E-state index contributed by atoms with van der Waals surface area (Å²) in [4.78, 5) is 33.5. The lowest BCUT2D eigenvalue weighted by Gasteiger charge is -2.09. The molecule has 1 aromatic carbocycles. The molecule has 7 nitrogen and oxygen atoms in total. The number of hydrazine groups is 1. The van der Waals surface area contributed by atoms with Crippen LogP contribution >= 0.6 is 23.2 Å². The van der Waals surface area contributed by atoms with Crippen molar-refractivity contribution in [1.29, 1.82) is 0 Å². The number of hydrogen-bond donors (Lipinski definition) is 3. The molecule has 4 N–H and O–H groups in total.